The van der Waals surface area contributed by atoms with Crippen molar-refractivity contribution in [3.8, 4) is 11.6 Å². The van der Waals surface area contributed by atoms with Crippen molar-refractivity contribution in [2.75, 3.05) is 30.3 Å². The summed E-state index contributed by atoms with van der Waals surface area (Å²) in [5.41, 5.74) is 6.07. The molecule has 0 spiro atoms. The number of fused-ring (bicyclic) bond motifs is 2. The van der Waals surface area contributed by atoms with Gasteiger partial charge >= 0.3 is 0 Å². The van der Waals surface area contributed by atoms with E-state index in [1.165, 1.54) is 4.52 Å². The van der Waals surface area contributed by atoms with E-state index < -0.39 is 0 Å². The Labute approximate surface area is 137 Å². The third kappa shape index (κ3) is 2.01. The molecule has 9 heteroatoms. The lowest BCUT2D eigenvalue weighted by Gasteiger charge is -2.38. The van der Waals surface area contributed by atoms with Gasteiger partial charge in [-0.15, -0.1) is 5.10 Å². The zero-order valence-corrected chi connectivity index (χ0v) is 12.9. The largest absolute Gasteiger partial charge is 0.461 e. The van der Waals surface area contributed by atoms with Crippen LogP contribution >= 0.6 is 0 Å². The first-order chi connectivity index (χ1) is 11.8. The Morgan fingerprint density at radius 1 is 1.21 bits per heavy atom. The summed E-state index contributed by atoms with van der Waals surface area (Å²) in [4.78, 5) is 17.9. The van der Waals surface area contributed by atoms with Gasteiger partial charge in [0.05, 0.1) is 6.26 Å². The first-order valence-electron chi connectivity index (χ1n) is 7.89. The molecule has 0 bridgehead atoms. The smallest absolute Gasteiger partial charge is 0.259 e. The highest BCUT2D eigenvalue weighted by Gasteiger charge is 2.29. The van der Waals surface area contributed by atoms with Gasteiger partial charge in [-0.05, 0) is 24.8 Å². The maximum atomic E-state index is 6.07. The van der Waals surface area contributed by atoms with Crippen LogP contribution in [0.5, 0.6) is 0 Å². The monoisotopic (exact) mass is 324 g/mol. The number of piperazine rings is 1. The van der Waals surface area contributed by atoms with Crippen LogP contribution in [-0.4, -0.2) is 55.1 Å². The van der Waals surface area contributed by atoms with E-state index in [0.717, 1.165) is 26.1 Å². The SMILES string of the molecule is Nc1nc(N2CCN3C=CC[C@@H]3C2)nc2nc(-c3ccco3)nn12. The topological polar surface area (TPSA) is 102 Å². The van der Waals surface area contributed by atoms with E-state index in [9.17, 15) is 0 Å². The Morgan fingerprint density at radius 2 is 2.17 bits per heavy atom. The molecular weight excluding hydrogens is 308 g/mol. The van der Waals surface area contributed by atoms with Crippen LogP contribution < -0.4 is 10.6 Å². The van der Waals surface area contributed by atoms with Crippen molar-refractivity contribution < 1.29 is 4.42 Å². The van der Waals surface area contributed by atoms with Crippen LogP contribution in [0.25, 0.3) is 17.4 Å². The predicted octanol–water partition coefficient (Wildman–Crippen LogP) is 0.769. The molecular formula is C15H16N8O. The van der Waals surface area contributed by atoms with Gasteiger partial charge in [0.25, 0.3) is 5.78 Å². The molecule has 2 aliphatic rings. The summed E-state index contributed by atoms with van der Waals surface area (Å²) < 4.78 is 6.77. The molecule has 5 rings (SSSR count). The number of aromatic nitrogens is 5. The highest BCUT2D eigenvalue weighted by atomic mass is 16.3. The molecule has 0 aliphatic carbocycles. The maximum absolute atomic E-state index is 6.07. The van der Waals surface area contributed by atoms with Gasteiger partial charge in [-0.1, -0.05) is 6.08 Å². The molecule has 0 aromatic carbocycles. The summed E-state index contributed by atoms with van der Waals surface area (Å²) in [6.07, 6.45) is 7.02. The Balaban J connectivity index is 1.51. The molecule has 5 heterocycles. The maximum Gasteiger partial charge on any atom is 0.259 e. The van der Waals surface area contributed by atoms with E-state index >= 15 is 0 Å². The summed E-state index contributed by atoms with van der Waals surface area (Å²) >= 11 is 0. The molecule has 0 saturated carbocycles. The summed E-state index contributed by atoms with van der Waals surface area (Å²) in [5, 5.41) is 4.32. The summed E-state index contributed by atoms with van der Waals surface area (Å²) in [6.45, 7) is 2.69. The number of nitrogen functional groups attached to an aromatic ring is 1. The zero-order chi connectivity index (χ0) is 16.1. The number of nitrogens with two attached hydrogens (primary N) is 1. The van der Waals surface area contributed by atoms with Crippen molar-refractivity contribution >= 4 is 17.7 Å². The Bertz CT molecular complexity index is 915. The first kappa shape index (κ1) is 13.3. The van der Waals surface area contributed by atoms with Crippen molar-refractivity contribution in [3.63, 3.8) is 0 Å². The third-order valence-corrected chi connectivity index (χ3v) is 4.48. The third-order valence-electron chi connectivity index (χ3n) is 4.48. The molecule has 1 saturated heterocycles. The molecule has 122 valence electrons. The Morgan fingerprint density at radius 3 is 3.04 bits per heavy atom. The minimum absolute atomic E-state index is 0.271. The van der Waals surface area contributed by atoms with Crippen LogP contribution in [0.15, 0.2) is 35.1 Å². The van der Waals surface area contributed by atoms with Gasteiger partial charge < -0.3 is 20.0 Å². The lowest BCUT2D eigenvalue weighted by Crippen LogP contribution is -2.49. The Kier molecular flexibility index (Phi) is 2.75. The van der Waals surface area contributed by atoms with Gasteiger partial charge in [-0.25, -0.2) is 0 Å². The number of rotatable bonds is 2. The summed E-state index contributed by atoms with van der Waals surface area (Å²) in [6, 6.07) is 4.07. The number of anilines is 2. The highest BCUT2D eigenvalue weighted by molar-refractivity contribution is 5.53. The van der Waals surface area contributed by atoms with Gasteiger partial charge in [-0.2, -0.15) is 19.5 Å². The fraction of sp³-hybridized carbons (Fsp3) is 0.333. The normalized spacial score (nSPS) is 20.1. The van der Waals surface area contributed by atoms with Crippen LogP contribution in [0.4, 0.5) is 11.9 Å². The van der Waals surface area contributed by atoms with Crippen LogP contribution in [-0.2, 0) is 0 Å². The molecule has 1 atom stereocenters. The predicted molar refractivity (Wildman–Crippen MR) is 87.2 cm³/mol. The molecule has 2 aliphatic heterocycles. The zero-order valence-electron chi connectivity index (χ0n) is 12.9. The average Bonchev–Trinajstić information content (AvgIpc) is 3.32. The summed E-state index contributed by atoms with van der Waals surface area (Å²) in [5.74, 6) is 2.32. The molecule has 3 aromatic rings. The number of hydrogen-bond donors (Lipinski definition) is 1. The first-order valence-corrected chi connectivity index (χ1v) is 7.89. The van der Waals surface area contributed by atoms with Gasteiger partial charge in [0.2, 0.25) is 17.7 Å². The minimum atomic E-state index is 0.271. The van der Waals surface area contributed by atoms with E-state index in [4.69, 9.17) is 10.2 Å². The van der Waals surface area contributed by atoms with Crippen LogP contribution in [0.3, 0.4) is 0 Å². The molecule has 24 heavy (non-hydrogen) atoms. The van der Waals surface area contributed by atoms with Crippen molar-refractivity contribution in [2.24, 2.45) is 0 Å². The second kappa shape index (κ2) is 4.95. The molecule has 0 radical (unpaired) electrons. The number of furan rings is 1. The van der Waals surface area contributed by atoms with E-state index in [1.54, 1.807) is 18.4 Å². The standard InChI is InChI=1S/C15H16N8O/c16-13-18-14(22-7-6-21-5-1-3-10(21)9-22)19-15-17-12(20-23(13)15)11-4-2-8-24-11/h1-2,4-5,8,10H,3,6-7,9H2,(H2,16,17,18,19,20)/t10-/m1/s1. The average molecular weight is 324 g/mol. The Hall–Kier alpha value is -3.10. The van der Waals surface area contributed by atoms with Crippen LogP contribution in [0, 0.1) is 0 Å². The molecule has 3 aromatic heterocycles. The van der Waals surface area contributed by atoms with Crippen molar-refractivity contribution in [2.45, 2.75) is 12.5 Å². The second-order valence-electron chi connectivity index (χ2n) is 5.96. The van der Waals surface area contributed by atoms with Crippen molar-refractivity contribution in [3.05, 3.63) is 30.7 Å². The summed E-state index contributed by atoms with van der Waals surface area (Å²) in [7, 11) is 0. The molecule has 9 nitrogen and oxygen atoms in total. The van der Waals surface area contributed by atoms with E-state index in [-0.39, 0.29) is 5.95 Å². The van der Waals surface area contributed by atoms with E-state index in [0.29, 0.717) is 29.4 Å². The van der Waals surface area contributed by atoms with Crippen LogP contribution in [0.1, 0.15) is 6.42 Å². The van der Waals surface area contributed by atoms with Crippen LogP contribution in [0.2, 0.25) is 0 Å². The molecule has 2 N–H and O–H groups in total. The quantitative estimate of drug-likeness (QED) is 0.737. The van der Waals surface area contributed by atoms with Crippen molar-refractivity contribution in [1.29, 1.82) is 0 Å². The van der Waals surface area contributed by atoms with Gasteiger partial charge in [0, 0.05) is 25.7 Å². The lowest BCUT2D eigenvalue weighted by atomic mass is 10.1. The van der Waals surface area contributed by atoms with E-state index in [1.807, 2.05) is 0 Å². The second-order valence-corrected chi connectivity index (χ2v) is 5.96. The number of hydrogen-bond acceptors (Lipinski definition) is 8. The number of nitrogens with zero attached hydrogens (tertiary/aromatic N) is 7. The van der Waals surface area contributed by atoms with Gasteiger partial charge in [0.15, 0.2) is 5.76 Å². The molecule has 0 amide bonds. The fourth-order valence-corrected chi connectivity index (χ4v) is 3.26. The van der Waals surface area contributed by atoms with Crippen molar-refractivity contribution in [1.82, 2.24) is 29.5 Å². The lowest BCUT2D eigenvalue weighted by molar-refractivity contribution is 0.269. The minimum Gasteiger partial charge on any atom is -0.461 e. The van der Waals surface area contributed by atoms with E-state index in [2.05, 4.69) is 42.1 Å². The van der Waals surface area contributed by atoms with Gasteiger partial charge in [-0.3, -0.25) is 0 Å². The molecule has 0 unspecified atom stereocenters. The highest BCUT2D eigenvalue weighted by Crippen LogP contribution is 2.23. The fourth-order valence-electron chi connectivity index (χ4n) is 3.26. The van der Waals surface area contributed by atoms with Gasteiger partial charge in [0.1, 0.15) is 0 Å². The molecule has 1 fully saturated rings.